The molecule has 0 aromatic heterocycles. The minimum absolute atomic E-state index is 0.00393. The highest BCUT2D eigenvalue weighted by molar-refractivity contribution is 5.69. The second-order valence-electron chi connectivity index (χ2n) is 13.7. The molecule has 0 fully saturated rings. The van der Waals surface area contributed by atoms with Gasteiger partial charge in [0.1, 0.15) is 0 Å². The Morgan fingerprint density at radius 3 is 1.21 bits per heavy atom. The summed E-state index contributed by atoms with van der Waals surface area (Å²) in [6.45, 7) is 10.2. The SMILES string of the molecule is CCCCCCCCOC(=O)CCCCCCCCCCCCCCCCC(CC(=O)OCCCCCCCC)C(C)C. The summed E-state index contributed by atoms with van der Waals surface area (Å²) in [5.74, 6) is 1.03. The monoisotopic (exact) mass is 609 g/mol. The van der Waals surface area contributed by atoms with E-state index in [0.29, 0.717) is 37.9 Å². The molecular formula is C39H76O4. The summed E-state index contributed by atoms with van der Waals surface area (Å²) in [6, 6.07) is 0. The van der Waals surface area contributed by atoms with Gasteiger partial charge in [0, 0.05) is 12.8 Å². The zero-order valence-corrected chi connectivity index (χ0v) is 29.7. The second-order valence-corrected chi connectivity index (χ2v) is 13.7. The summed E-state index contributed by atoms with van der Waals surface area (Å²) in [5.41, 5.74) is 0. The quantitative estimate of drug-likeness (QED) is 0.0538. The Balaban J connectivity index is 3.45. The van der Waals surface area contributed by atoms with E-state index in [-0.39, 0.29) is 11.9 Å². The Morgan fingerprint density at radius 1 is 0.442 bits per heavy atom. The van der Waals surface area contributed by atoms with E-state index in [2.05, 4.69) is 27.7 Å². The van der Waals surface area contributed by atoms with Crippen molar-refractivity contribution in [2.24, 2.45) is 11.8 Å². The molecular weight excluding hydrogens is 532 g/mol. The van der Waals surface area contributed by atoms with Crippen LogP contribution in [0.2, 0.25) is 0 Å². The molecule has 0 bridgehead atoms. The maximum atomic E-state index is 12.3. The molecule has 0 saturated carbocycles. The van der Waals surface area contributed by atoms with Crippen molar-refractivity contribution in [2.45, 2.75) is 214 Å². The number of hydrogen-bond donors (Lipinski definition) is 0. The third kappa shape index (κ3) is 32.2. The van der Waals surface area contributed by atoms with Crippen molar-refractivity contribution in [3.05, 3.63) is 0 Å². The summed E-state index contributed by atoms with van der Waals surface area (Å²) in [7, 11) is 0. The van der Waals surface area contributed by atoms with Crippen molar-refractivity contribution in [1.29, 1.82) is 0 Å². The highest BCUT2D eigenvalue weighted by atomic mass is 16.5. The first-order valence-corrected chi connectivity index (χ1v) is 19.3. The van der Waals surface area contributed by atoms with E-state index < -0.39 is 0 Å². The van der Waals surface area contributed by atoms with Gasteiger partial charge in [-0.25, -0.2) is 0 Å². The van der Waals surface area contributed by atoms with E-state index in [1.807, 2.05) is 0 Å². The fourth-order valence-electron chi connectivity index (χ4n) is 5.95. The van der Waals surface area contributed by atoms with Crippen LogP contribution in [0.3, 0.4) is 0 Å². The van der Waals surface area contributed by atoms with Crippen LogP contribution in [0.1, 0.15) is 214 Å². The fraction of sp³-hybridized carbons (Fsp3) is 0.949. The molecule has 0 aromatic carbocycles. The number of esters is 2. The van der Waals surface area contributed by atoms with Crippen LogP contribution in [-0.2, 0) is 19.1 Å². The summed E-state index contributed by atoms with van der Waals surface area (Å²) in [6.07, 6.45) is 35.2. The van der Waals surface area contributed by atoms with E-state index in [1.165, 1.54) is 141 Å². The van der Waals surface area contributed by atoms with Crippen LogP contribution in [0.4, 0.5) is 0 Å². The Hall–Kier alpha value is -1.06. The molecule has 4 nitrogen and oxygen atoms in total. The highest BCUT2D eigenvalue weighted by Crippen LogP contribution is 2.24. The lowest BCUT2D eigenvalue weighted by Crippen LogP contribution is -2.17. The topological polar surface area (TPSA) is 52.6 Å². The first-order chi connectivity index (χ1) is 21.0. The van der Waals surface area contributed by atoms with Gasteiger partial charge in [0.2, 0.25) is 0 Å². The van der Waals surface area contributed by atoms with Crippen molar-refractivity contribution < 1.29 is 19.1 Å². The lowest BCUT2D eigenvalue weighted by atomic mass is 9.87. The van der Waals surface area contributed by atoms with Gasteiger partial charge in [0.15, 0.2) is 0 Å². The zero-order chi connectivity index (χ0) is 31.6. The molecule has 0 aliphatic carbocycles. The lowest BCUT2D eigenvalue weighted by molar-refractivity contribution is -0.145. The van der Waals surface area contributed by atoms with E-state index in [1.54, 1.807) is 0 Å². The van der Waals surface area contributed by atoms with Crippen molar-refractivity contribution in [3.8, 4) is 0 Å². The normalized spacial score (nSPS) is 12.1. The van der Waals surface area contributed by atoms with Crippen molar-refractivity contribution >= 4 is 11.9 Å². The number of carbonyl (C=O) groups excluding carboxylic acids is 2. The van der Waals surface area contributed by atoms with Crippen LogP contribution in [-0.4, -0.2) is 25.2 Å². The van der Waals surface area contributed by atoms with Crippen molar-refractivity contribution in [1.82, 2.24) is 0 Å². The van der Waals surface area contributed by atoms with Crippen LogP contribution in [0, 0.1) is 11.8 Å². The smallest absolute Gasteiger partial charge is 0.306 e. The van der Waals surface area contributed by atoms with Gasteiger partial charge in [-0.15, -0.1) is 0 Å². The molecule has 0 aromatic rings. The number of unbranched alkanes of at least 4 members (excludes halogenated alkanes) is 23. The van der Waals surface area contributed by atoms with Gasteiger partial charge in [-0.3, -0.25) is 9.59 Å². The molecule has 0 amide bonds. The molecule has 4 heteroatoms. The molecule has 0 aliphatic heterocycles. The number of hydrogen-bond acceptors (Lipinski definition) is 4. The van der Waals surface area contributed by atoms with Crippen LogP contribution in [0.5, 0.6) is 0 Å². The Labute approximate surface area is 269 Å². The maximum absolute atomic E-state index is 12.3. The van der Waals surface area contributed by atoms with Crippen LogP contribution >= 0.6 is 0 Å². The van der Waals surface area contributed by atoms with Gasteiger partial charge in [-0.2, -0.15) is 0 Å². The second kappa shape index (κ2) is 33.8. The largest absolute Gasteiger partial charge is 0.466 e. The van der Waals surface area contributed by atoms with Gasteiger partial charge in [-0.05, 0) is 37.5 Å². The van der Waals surface area contributed by atoms with Gasteiger partial charge >= 0.3 is 11.9 Å². The van der Waals surface area contributed by atoms with Gasteiger partial charge in [0.05, 0.1) is 13.2 Å². The summed E-state index contributed by atoms with van der Waals surface area (Å²) < 4.78 is 10.9. The van der Waals surface area contributed by atoms with E-state index in [0.717, 1.165) is 32.1 Å². The summed E-state index contributed by atoms with van der Waals surface area (Å²) >= 11 is 0. The highest BCUT2D eigenvalue weighted by Gasteiger charge is 2.18. The maximum Gasteiger partial charge on any atom is 0.306 e. The summed E-state index contributed by atoms with van der Waals surface area (Å²) in [5, 5.41) is 0. The third-order valence-corrected chi connectivity index (χ3v) is 9.10. The van der Waals surface area contributed by atoms with Gasteiger partial charge in [0.25, 0.3) is 0 Å². The molecule has 1 unspecified atom stereocenters. The first kappa shape index (κ1) is 41.9. The third-order valence-electron chi connectivity index (χ3n) is 9.10. The standard InChI is InChI=1S/C39H76O4/c1-5-7-9-11-25-29-33-42-38(40)32-28-24-22-20-18-16-14-13-15-17-19-21-23-27-31-37(36(3)4)35-39(41)43-34-30-26-12-10-8-6-2/h36-37H,5-35H2,1-4H3. The molecule has 0 radical (unpaired) electrons. The van der Waals surface area contributed by atoms with E-state index in [4.69, 9.17) is 9.47 Å². The number of rotatable bonds is 34. The van der Waals surface area contributed by atoms with Gasteiger partial charge < -0.3 is 9.47 Å². The molecule has 43 heavy (non-hydrogen) atoms. The summed E-state index contributed by atoms with van der Waals surface area (Å²) in [4.78, 5) is 24.1. The molecule has 256 valence electrons. The van der Waals surface area contributed by atoms with Crippen LogP contribution < -0.4 is 0 Å². The van der Waals surface area contributed by atoms with Crippen LogP contribution in [0.15, 0.2) is 0 Å². The molecule has 1 atom stereocenters. The Morgan fingerprint density at radius 2 is 0.791 bits per heavy atom. The van der Waals surface area contributed by atoms with Gasteiger partial charge in [-0.1, -0.05) is 175 Å². The minimum Gasteiger partial charge on any atom is -0.466 e. The average Bonchev–Trinajstić information content (AvgIpc) is 2.99. The number of carbonyl (C=O) groups is 2. The zero-order valence-electron chi connectivity index (χ0n) is 29.7. The van der Waals surface area contributed by atoms with Crippen molar-refractivity contribution in [3.63, 3.8) is 0 Å². The molecule has 0 spiro atoms. The molecule has 0 saturated heterocycles. The predicted molar refractivity (Wildman–Crippen MR) is 185 cm³/mol. The average molecular weight is 609 g/mol. The van der Waals surface area contributed by atoms with Crippen molar-refractivity contribution in [2.75, 3.05) is 13.2 Å². The fourth-order valence-corrected chi connectivity index (χ4v) is 5.95. The van der Waals surface area contributed by atoms with Crippen LogP contribution in [0.25, 0.3) is 0 Å². The molecule has 0 aliphatic rings. The minimum atomic E-state index is 0.00393. The first-order valence-electron chi connectivity index (χ1n) is 19.3. The lowest BCUT2D eigenvalue weighted by Gasteiger charge is -2.20. The molecule has 0 heterocycles. The predicted octanol–water partition coefficient (Wildman–Crippen LogP) is 12.7. The van der Waals surface area contributed by atoms with E-state index >= 15 is 0 Å². The Bertz CT molecular complexity index is 588. The van der Waals surface area contributed by atoms with E-state index in [9.17, 15) is 9.59 Å². The molecule has 0 N–H and O–H groups in total. The number of ether oxygens (including phenoxy) is 2. The molecule has 0 rings (SSSR count). The Kier molecular flexibility index (Phi) is 33.0.